The Morgan fingerprint density at radius 1 is 0.891 bits per heavy atom. The first kappa shape index (κ1) is 52.2. The minimum Gasteiger partial charge on any atom is -0.481 e. The molecule has 0 aliphatic carbocycles. The number of likely N-dealkylation sites (tertiary alicyclic amines) is 2. The van der Waals surface area contributed by atoms with Crippen molar-refractivity contribution < 1.29 is 53.2 Å². The number of nitro groups is 1. The van der Waals surface area contributed by atoms with Crippen molar-refractivity contribution in [3.05, 3.63) is 46.0 Å². The largest absolute Gasteiger partial charge is 0.481 e. The molecule has 2 fully saturated rings. The van der Waals surface area contributed by atoms with E-state index in [4.69, 9.17) is 15.6 Å². The van der Waals surface area contributed by atoms with Gasteiger partial charge in [0.25, 0.3) is 5.96 Å². The van der Waals surface area contributed by atoms with Crippen LogP contribution in [0.4, 0.5) is 0 Å². The van der Waals surface area contributed by atoms with Crippen LogP contribution >= 0.6 is 0 Å². The van der Waals surface area contributed by atoms with Gasteiger partial charge in [0.2, 0.25) is 29.5 Å². The maximum Gasteiger partial charge on any atom is 0.309 e. The van der Waals surface area contributed by atoms with Gasteiger partial charge in [-0.3, -0.25) is 38.4 Å². The number of ketones is 1. The summed E-state index contributed by atoms with van der Waals surface area (Å²) in [6.45, 7) is 5.62. The van der Waals surface area contributed by atoms with Gasteiger partial charge in [-0.15, -0.1) is 0 Å². The Kier molecular flexibility index (Phi) is 22.1. The highest BCUT2D eigenvalue weighted by molar-refractivity contribution is 5.97. The Labute approximate surface area is 373 Å². The van der Waals surface area contributed by atoms with Crippen LogP contribution in [0.1, 0.15) is 116 Å². The Bertz CT molecular complexity index is 1810. The molecule has 5 amide bonds. The number of amides is 5. The first-order chi connectivity index (χ1) is 30.5. The predicted octanol–water partition coefficient (Wildman–Crippen LogP) is 1.74. The van der Waals surface area contributed by atoms with Gasteiger partial charge in [0, 0.05) is 38.9 Å². The van der Waals surface area contributed by atoms with Gasteiger partial charge in [0.15, 0.2) is 10.8 Å². The van der Waals surface area contributed by atoms with Crippen LogP contribution in [-0.2, 0) is 49.7 Å². The number of carbonyl (C=O) groups excluding carboxylic acids is 7. The number of ether oxygens (including phenoxy) is 1. The number of carbonyl (C=O) groups is 8. The van der Waals surface area contributed by atoms with E-state index in [1.807, 2.05) is 13.0 Å². The molecule has 7 N–H and O–H groups in total. The smallest absolute Gasteiger partial charge is 0.309 e. The highest BCUT2D eigenvalue weighted by Crippen LogP contribution is 2.28. The maximum absolute atomic E-state index is 14.3. The third-order valence-electron chi connectivity index (χ3n) is 11.2. The summed E-state index contributed by atoms with van der Waals surface area (Å²) in [4.78, 5) is 119. The summed E-state index contributed by atoms with van der Waals surface area (Å²) in [7, 11) is 0. The Hall–Kier alpha value is -6.15. The van der Waals surface area contributed by atoms with E-state index in [0.717, 1.165) is 18.4 Å². The molecule has 3 rings (SSSR count). The van der Waals surface area contributed by atoms with Gasteiger partial charge in [-0.2, -0.15) is 0 Å². The molecule has 21 heteroatoms. The maximum atomic E-state index is 14.3. The van der Waals surface area contributed by atoms with Crippen LogP contribution in [0.2, 0.25) is 0 Å². The molecule has 64 heavy (non-hydrogen) atoms. The van der Waals surface area contributed by atoms with Crippen LogP contribution in [0.3, 0.4) is 0 Å². The molecule has 2 aliphatic heterocycles. The molecule has 0 bridgehead atoms. The molecule has 0 aromatic heterocycles. The van der Waals surface area contributed by atoms with Crippen LogP contribution in [0.5, 0.6) is 0 Å². The summed E-state index contributed by atoms with van der Waals surface area (Å²) in [5.41, 5.74) is 6.27. The fourth-order valence-corrected chi connectivity index (χ4v) is 7.81. The molecule has 0 spiro atoms. The van der Waals surface area contributed by atoms with Crippen molar-refractivity contribution in [1.82, 2.24) is 31.1 Å². The fraction of sp³-hybridized carbons (Fsp3) is 0.651. The topological polar surface area (TPSA) is 302 Å². The second kappa shape index (κ2) is 27.1. The third kappa shape index (κ3) is 17.5. The van der Waals surface area contributed by atoms with Crippen LogP contribution in [0, 0.1) is 22.0 Å². The number of esters is 1. The number of hydrogen-bond acceptors (Lipinski definition) is 11. The van der Waals surface area contributed by atoms with E-state index in [0.29, 0.717) is 32.1 Å². The number of benzene rings is 1. The molecular weight excluding hydrogens is 835 g/mol. The normalized spacial score (nSPS) is 17.5. The Morgan fingerprint density at radius 3 is 2.23 bits per heavy atom. The summed E-state index contributed by atoms with van der Waals surface area (Å²) in [5, 5.41) is 32.0. The predicted molar refractivity (Wildman–Crippen MR) is 232 cm³/mol. The van der Waals surface area contributed by atoms with E-state index in [9.17, 15) is 48.5 Å². The average molecular weight is 900 g/mol. The first-order valence-electron chi connectivity index (χ1n) is 22.2. The van der Waals surface area contributed by atoms with Crippen molar-refractivity contribution in [1.29, 1.82) is 0 Å². The van der Waals surface area contributed by atoms with Gasteiger partial charge in [-0.1, -0.05) is 70.4 Å². The number of Topliss-reactive ketones (excluding diaryl/α,β-unsaturated/α-hetero) is 1. The summed E-state index contributed by atoms with van der Waals surface area (Å²) in [6, 6.07) is 5.18. The minimum absolute atomic E-state index is 0.0181. The molecule has 2 saturated heterocycles. The van der Waals surface area contributed by atoms with Crippen molar-refractivity contribution >= 4 is 53.2 Å². The van der Waals surface area contributed by atoms with Gasteiger partial charge in [-0.25, -0.2) is 10.1 Å². The van der Waals surface area contributed by atoms with Crippen molar-refractivity contribution in [2.45, 2.75) is 141 Å². The molecule has 0 saturated carbocycles. The number of nitrogens with one attached hydrogen (secondary N) is 4. The number of aliphatic carboxylic acids is 1. The molecule has 2 aliphatic rings. The summed E-state index contributed by atoms with van der Waals surface area (Å²) in [6.07, 6.45) is 4.28. The summed E-state index contributed by atoms with van der Waals surface area (Å²) < 4.78 is 5.59. The first-order valence-corrected chi connectivity index (χ1v) is 22.2. The van der Waals surface area contributed by atoms with Crippen LogP contribution in [-0.4, -0.2) is 124 Å². The Morgan fingerprint density at radius 2 is 1.58 bits per heavy atom. The number of hydrogen-bond donors (Lipinski definition) is 6. The standard InChI is InChI=1S/C43H65N9O12/c1-4-5-7-17-31(47-39(58)38(28(2)3)48-36(55)26-46-35(54)20-10-21-37(56)57)40(59)51-24-13-19-33(51)41(60)50-23-12-18-32(50)34(53)25-30(16-11-22-45-43(44)49-52(62)63)42(61)64-27-29-14-8-6-9-15-29/h6,8-9,14-15,28,30-33,38H,4-5,7,10-13,16-27H2,1-3H3,(H,46,54)(H,47,58)(H,48,55)(H,56,57)(H3,44,45,49). The number of unbranched alkanes of at least 4 members (excludes halogenated alkanes) is 2. The summed E-state index contributed by atoms with van der Waals surface area (Å²) >= 11 is 0. The molecule has 1 aromatic carbocycles. The van der Waals surface area contributed by atoms with E-state index < -0.39 is 95.0 Å². The molecule has 354 valence electrons. The van der Waals surface area contributed by atoms with Crippen molar-refractivity contribution in [2.75, 3.05) is 26.2 Å². The van der Waals surface area contributed by atoms with Crippen molar-refractivity contribution in [3.63, 3.8) is 0 Å². The van der Waals surface area contributed by atoms with Crippen LogP contribution < -0.4 is 27.0 Å². The lowest BCUT2D eigenvalue weighted by Crippen LogP contribution is -2.58. The second-order valence-corrected chi connectivity index (χ2v) is 16.5. The van der Waals surface area contributed by atoms with Gasteiger partial charge in [0.1, 0.15) is 29.8 Å². The molecular formula is C43H65N9O12. The fourth-order valence-electron chi connectivity index (χ4n) is 7.81. The average Bonchev–Trinajstić information content (AvgIpc) is 3.95. The number of nitrogens with zero attached hydrogens (tertiary/aromatic N) is 4. The van der Waals surface area contributed by atoms with Crippen molar-refractivity contribution in [3.8, 4) is 0 Å². The monoisotopic (exact) mass is 899 g/mol. The number of guanidine groups is 1. The molecule has 1 aromatic rings. The van der Waals surface area contributed by atoms with Crippen molar-refractivity contribution in [2.24, 2.45) is 22.7 Å². The number of rotatable bonds is 27. The number of nitrogens with two attached hydrogens (primary N) is 1. The lowest BCUT2D eigenvalue weighted by atomic mass is 9.93. The van der Waals surface area contributed by atoms with Crippen LogP contribution in [0.25, 0.3) is 0 Å². The molecule has 21 nitrogen and oxygen atoms in total. The Balaban J connectivity index is 1.71. The second-order valence-electron chi connectivity index (χ2n) is 16.5. The molecule has 5 unspecified atom stereocenters. The number of carboxylic acids is 1. The summed E-state index contributed by atoms with van der Waals surface area (Å²) in [5.74, 6) is -6.33. The van der Waals surface area contributed by atoms with Gasteiger partial charge < -0.3 is 46.6 Å². The number of hydrazone groups is 1. The lowest BCUT2D eigenvalue weighted by Gasteiger charge is -2.33. The minimum atomic E-state index is -1.07. The molecule has 0 radical (unpaired) electrons. The zero-order valence-electron chi connectivity index (χ0n) is 37.1. The molecule has 5 atom stereocenters. The van der Waals surface area contributed by atoms with E-state index in [2.05, 4.69) is 26.4 Å². The zero-order chi connectivity index (χ0) is 47.2. The van der Waals surface area contributed by atoms with E-state index in [-0.39, 0.29) is 77.0 Å². The van der Waals surface area contributed by atoms with Gasteiger partial charge in [0.05, 0.1) is 18.5 Å². The SMILES string of the molecule is CCCCCC(NC(=O)C(NC(=O)CNC(=O)CCCC(=O)O)C(C)C)C(=O)N1CCCC1C(=O)N1CCCC1C(=O)CC(CCCN/C(N)=N\[N+](=O)[O-])C(=O)OCc1ccccc1. The quantitative estimate of drug-likeness (QED) is 0.0183. The van der Waals surface area contributed by atoms with E-state index >= 15 is 0 Å². The third-order valence-corrected chi connectivity index (χ3v) is 11.2. The lowest BCUT2D eigenvalue weighted by molar-refractivity contribution is -0.485. The van der Waals surface area contributed by atoms with E-state index in [1.54, 1.807) is 38.1 Å². The van der Waals surface area contributed by atoms with E-state index in [1.165, 1.54) is 9.80 Å². The molecule has 2 heterocycles. The van der Waals surface area contributed by atoms with Crippen LogP contribution in [0.15, 0.2) is 35.4 Å². The van der Waals surface area contributed by atoms with Gasteiger partial charge in [-0.05, 0) is 62.8 Å². The highest BCUT2D eigenvalue weighted by Gasteiger charge is 2.44. The van der Waals surface area contributed by atoms with Gasteiger partial charge >= 0.3 is 11.9 Å². The highest BCUT2D eigenvalue weighted by atomic mass is 16.7. The zero-order valence-corrected chi connectivity index (χ0v) is 37.1. The number of carboxylic acid groups (broad SMARTS) is 1.